The first-order valence-electron chi connectivity index (χ1n) is 5.64. The van der Waals surface area contributed by atoms with E-state index in [0.717, 1.165) is 5.69 Å². The van der Waals surface area contributed by atoms with Crippen molar-refractivity contribution in [3.05, 3.63) is 59.3 Å². The van der Waals surface area contributed by atoms with Crippen LogP contribution in [0, 0.1) is 6.92 Å². The van der Waals surface area contributed by atoms with Crippen molar-refractivity contribution < 1.29 is 14.7 Å². The van der Waals surface area contributed by atoms with Gasteiger partial charge in [0.25, 0.3) is 5.91 Å². The molecule has 1 aromatic carbocycles. The van der Waals surface area contributed by atoms with E-state index < -0.39 is 5.97 Å². The molecule has 96 valence electrons. The zero-order valence-electron chi connectivity index (χ0n) is 10.3. The number of benzene rings is 1. The fourth-order valence-corrected chi connectivity index (χ4v) is 1.57. The van der Waals surface area contributed by atoms with E-state index in [-0.39, 0.29) is 11.5 Å². The minimum absolute atomic E-state index is 0.144. The number of nitrogens with zero attached hydrogens (tertiary/aromatic N) is 1. The number of carboxylic acids is 1. The first-order valence-corrected chi connectivity index (χ1v) is 5.64. The van der Waals surface area contributed by atoms with Crippen LogP contribution in [0.5, 0.6) is 0 Å². The van der Waals surface area contributed by atoms with Gasteiger partial charge in [0.15, 0.2) is 0 Å². The molecule has 5 heteroatoms. The number of carboxylic acid groups (broad SMARTS) is 1. The summed E-state index contributed by atoms with van der Waals surface area (Å²) in [6, 6.07) is 11.0. The van der Waals surface area contributed by atoms with Gasteiger partial charge < -0.3 is 10.4 Å². The van der Waals surface area contributed by atoms with Gasteiger partial charge in [-0.2, -0.15) is 0 Å². The van der Waals surface area contributed by atoms with Gasteiger partial charge >= 0.3 is 5.97 Å². The van der Waals surface area contributed by atoms with E-state index in [1.165, 1.54) is 24.3 Å². The van der Waals surface area contributed by atoms with Crippen LogP contribution in [0.4, 0.5) is 5.82 Å². The van der Waals surface area contributed by atoms with Crippen LogP contribution in [-0.4, -0.2) is 22.0 Å². The van der Waals surface area contributed by atoms with Crippen LogP contribution in [0.25, 0.3) is 0 Å². The van der Waals surface area contributed by atoms with Crippen LogP contribution >= 0.6 is 0 Å². The molecule has 5 nitrogen and oxygen atoms in total. The summed E-state index contributed by atoms with van der Waals surface area (Å²) in [4.78, 5) is 26.8. The van der Waals surface area contributed by atoms with Gasteiger partial charge in [0.05, 0.1) is 5.56 Å². The van der Waals surface area contributed by atoms with Crippen molar-refractivity contribution in [1.82, 2.24) is 4.98 Å². The van der Waals surface area contributed by atoms with Gasteiger partial charge in [0.2, 0.25) is 0 Å². The second-order valence-corrected chi connectivity index (χ2v) is 4.00. The maximum Gasteiger partial charge on any atom is 0.335 e. The third-order valence-electron chi connectivity index (χ3n) is 2.52. The summed E-state index contributed by atoms with van der Waals surface area (Å²) in [6.07, 6.45) is 0. The van der Waals surface area contributed by atoms with Crippen LogP contribution < -0.4 is 5.32 Å². The van der Waals surface area contributed by atoms with Crippen molar-refractivity contribution in [3.63, 3.8) is 0 Å². The molecule has 1 heterocycles. The molecule has 0 spiro atoms. The van der Waals surface area contributed by atoms with E-state index in [0.29, 0.717) is 11.4 Å². The van der Waals surface area contributed by atoms with Crippen molar-refractivity contribution in [1.29, 1.82) is 0 Å². The molecule has 0 aliphatic carbocycles. The molecule has 0 saturated heterocycles. The van der Waals surface area contributed by atoms with Crippen LogP contribution in [0.2, 0.25) is 0 Å². The lowest BCUT2D eigenvalue weighted by molar-refractivity contribution is 0.0696. The summed E-state index contributed by atoms with van der Waals surface area (Å²) >= 11 is 0. The molecule has 2 aromatic rings. The average molecular weight is 256 g/mol. The molecule has 0 fully saturated rings. The molecule has 1 aromatic heterocycles. The number of aromatic carboxylic acids is 1. The third-order valence-corrected chi connectivity index (χ3v) is 2.52. The Balaban J connectivity index is 2.14. The zero-order chi connectivity index (χ0) is 13.8. The Hall–Kier alpha value is -2.69. The first-order chi connectivity index (χ1) is 9.06. The van der Waals surface area contributed by atoms with Crippen LogP contribution in [0.15, 0.2) is 42.5 Å². The minimum atomic E-state index is -1.02. The average Bonchev–Trinajstić information content (AvgIpc) is 2.39. The lowest BCUT2D eigenvalue weighted by atomic mass is 10.1. The number of anilines is 1. The van der Waals surface area contributed by atoms with Gasteiger partial charge in [-0.15, -0.1) is 0 Å². The number of aryl methyl sites for hydroxylation is 1. The number of hydrogen-bond donors (Lipinski definition) is 2. The van der Waals surface area contributed by atoms with Gasteiger partial charge in [-0.1, -0.05) is 6.07 Å². The Kier molecular flexibility index (Phi) is 3.56. The molecule has 2 N–H and O–H groups in total. The predicted molar refractivity (Wildman–Crippen MR) is 70.3 cm³/mol. The minimum Gasteiger partial charge on any atom is -0.478 e. The Bertz CT molecular complexity index is 621. The van der Waals surface area contributed by atoms with Crippen LogP contribution in [-0.2, 0) is 0 Å². The smallest absolute Gasteiger partial charge is 0.335 e. The molecule has 0 unspecified atom stereocenters. The summed E-state index contributed by atoms with van der Waals surface area (Å²) in [5.74, 6) is -0.880. The highest BCUT2D eigenvalue weighted by Gasteiger charge is 2.08. The van der Waals surface area contributed by atoms with Gasteiger partial charge in [0, 0.05) is 11.3 Å². The van der Waals surface area contributed by atoms with Gasteiger partial charge in [-0.25, -0.2) is 9.78 Å². The van der Waals surface area contributed by atoms with E-state index in [4.69, 9.17) is 5.11 Å². The largest absolute Gasteiger partial charge is 0.478 e. The number of amides is 1. The maximum absolute atomic E-state index is 11.9. The molecule has 0 bridgehead atoms. The summed E-state index contributed by atoms with van der Waals surface area (Å²) < 4.78 is 0. The number of aromatic nitrogens is 1. The van der Waals surface area contributed by atoms with Crippen molar-refractivity contribution in [2.45, 2.75) is 6.92 Å². The highest BCUT2D eigenvalue weighted by molar-refractivity contribution is 6.04. The predicted octanol–water partition coefficient (Wildman–Crippen LogP) is 2.34. The van der Waals surface area contributed by atoms with Crippen molar-refractivity contribution in [2.24, 2.45) is 0 Å². The number of pyridine rings is 1. The van der Waals surface area contributed by atoms with E-state index in [2.05, 4.69) is 10.3 Å². The van der Waals surface area contributed by atoms with E-state index in [1.807, 2.05) is 13.0 Å². The molecule has 0 radical (unpaired) electrons. The molecular formula is C14H12N2O3. The number of hydrogen-bond acceptors (Lipinski definition) is 3. The third kappa shape index (κ3) is 3.16. The highest BCUT2D eigenvalue weighted by atomic mass is 16.4. The van der Waals surface area contributed by atoms with Gasteiger partial charge in [-0.05, 0) is 43.3 Å². The second-order valence-electron chi connectivity index (χ2n) is 4.00. The molecule has 0 aliphatic rings. The molecule has 0 saturated carbocycles. The Morgan fingerprint density at radius 1 is 1.05 bits per heavy atom. The number of rotatable bonds is 3. The Morgan fingerprint density at radius 2 is 1.68 bits per heavy atom. The molecular weight excluding hydrogens is 244 g/mol. The van der Waals surface area contributed by atoms with Gasteiger partial charge in [-0.3, -0.25) is 4.79 Å². The van der Waals surface area contributed by atoms with Crippen molar-refractivity contribution >= 4 is 17.7 Å². The zero-order valence-corrected chi connectivity index (χ0v) is 10.3. The van der Waals surface area contributed by atoms with Crippen LogP contribution in [0.1, 0.15) is 26.4 Å². The maximum atomic E-state index is 11.9. The van der Waals surface area contributed by atoms with Crippen molar-refractivity contribution in [3.8, 4) is 0 Å². The van der Waals surface area contributed by atoms with Crippen molar-refractivity contribution in [2.75, 3.05) is 5.32 Å². The van der Waals surface area contributed by atoms with E-state index in [1.54, 1.807) is 12.1 Å². The number of nitrogens with one attached hydrogen (secondary N) is 1. The van der Waals surface area contributed by atoms with E-state index in [9.17, 15) is 9.59 Å². The topological polar surface area (TPSA) is 79.3 Å². The lowest BCUT2D eigenvalue weighted by Gasteiger charge is -2.05. The monoisotopic (exact) mass is 256 g/mol. The Morgan fingerprint density at radius 3 is 2.26 bits per heavy atom. The quantitative estimate of drug-likeness (QED) is 0.883. The molecule has 19 heavy (non-hydrogen) atoms. The van der Waals surface area contributed by atoms with E-state index >= 15 is 0 Å². The lowest BCUT2D eigenvalue weighted by Crippen LogP contribution is -2.13. The highest BCUT2D eigenvalue weighted by Crippen LogP contribution is 2.09. The fourth-order valence-electron chi connectivity index (χ4n) is 1.57. The molecule has 2 rings (SSSR count). The number of carbonyl (C=O) groups excluding carboxylic acids is 1. The molecule has 0 aliphatic heterocycles. The number of carbonyl (C=O) groups is 2. The molecule has 0 atom stereocenters. The summed E-state index contributed by atoms with van der Waals surface area (Å²) in [7, 11) is 0. The second kappa shape index (κ2) is 5.30. The fraction of sp³-hybridized carbons (Fsp3) is 0.0714. The summed E-state index contributed by atoms with van der Waals surface area (Å²) in [6.45, 7) is 1.83. The Labute approximate surface area is 109 Å². The normalized spacial score (nSPS) is 9.95. The van der Waals surface area contributed by atoms with Crippen LogP contribution in [0.3, 0.4) is 0 Å². The van der Waals surface area contributed by atoms with Gasteiger partial charge in [0.1, 0.15) is 5.82 Å². The summed E-state index contributed by atoms with van der Waals surface area (Å²) in [5, 5.41) is 11.4. The first kappa shape index (κ1) is 12.8. The standard InChI is InChI=1S/C14H12N2O3/c1-9-3-2-4-12(15-9)16-13(17)10-5-7-11(8-6-10)14(18)19/h2-8H,1H3,(H,18,19)(H,15,16,17). The molecule has 1 amide bonds. The SMILES string of the molecule is Cc1cccc(NC(=O)c2ccc(C(=O)O)cc2)n1. The summed E-state index contributed by atoms with van der Waals surface area (Å²) in [5.41, 5.74) is 1.33.